The molecule has 6 nitrogen and oxygen atoms in total. The third kappa shape index (κ3) is 2.77. The van der Waals surface area contributed by atoms with Crippen LogP contribution in [0.15, 0.2) is 42.5 Å². The van der Waals surface area contributed by atoms with Gasteiger partial charge in [0.25, 0.3) is 5.91 Å². The van der Waals surface area contributed by atoms with E-state index in [9.17, 15) is 9.18 Å². The van der Waals surface area contributed by atoms with Gasteiger partial charge in [-0.15, -0.1) is 0 Å². The maximum atomic E-state index is 13.9. The molecule has 7 heteroatoms. The molecule has 2 heterocycles. The number of aromatic amines is 1. The average molecular weight is 353 g/mol. The molecule has 0 saturated heterocycles. The highest BCUT2D eigenvalue weighted by Crippen LogP contribution is 2.38. The lowest BCUT2D eigenvalue weighted by Crippen LogP contribution is -2.15. The maximum Gasteiger partial charge on any atom is 0.258 e. The van der Waals surface area contributed by atoms with E-state index in [1.807, 2.05) is 13.0 Å². The van der Waals surface area contributed by atoms with Crippen molar-refractivity contribution >= 4 is 11.6 Å². The van der Waals surface area contributed by atoms with Gasteiger partial charge in [0.2, 0.25) is 6.79 Å². The Morgan fingerprint density at radius 1 is 1.23 bits per heavy atom. The topological polar surface area (TPSA) is 76.2 Å². The van der Waals surface area contributed by atoms with Crippen LogP contribution in [0, 0.1) is 5.82 Å². The number of rotatable bonds is 4. The fraction of sp³-hybridized carbons (Fsp3) is 0.158. The Balaban J connectivity index is 1.71. The molecule has 0 spiro atoms. The Bertz CT molecular complexity index is 984. The molecular weight excluding hydrogens is 337 g/mol. The van der Waals surface area contributed by atoms with E-state index in [0.29, 0.717) is 29.3 Å². The Morgan fingerprint density at radius 3 is 2.85 bits per heavy atom. The van der Waals surface area contributed by atoms with Gasteiger partial charge in [-0.25, -0.2) is 4.39 Å². The third-order valence-electron chi connectivity index (χ3n) is 4.20. The maximum absolute atomic E-state index is 13.9. The fourth-order valence-electron chi connectivity index (χ4n) is 2.85. The molecule has 0 aliphatic carbocycles. The predicted molar refractivity (Wildman–Crippen MR) is 93.9 cm³/mol. The van der Waals surface area contributed by atoms with Crippen molar-refractivity contribution in [3.63, 3.8) is 0 Å². The summed E-state index contributed by atoms with van der Waals surface area (Å²) in [5, 5.41) is 10.0. The van der Waals surface area contributed by atoms with E-state index in [-0.39, 0.29) is 12.4 Å². The first-order valence-electron chi connectivity index (χ1n) is 8.20. The second kappa shape index (κ2) is 6.51. The highest BCUT2D eigenvalue weighted by Gasteiger charge is 2.21. The first kappa shape index (κ1) is 16.1. The van der Waals surface area contributed by atoms with Crippen LogP contribution in [0.1, 0.15) is 23.0 Å². The van der Waals surface area contributed by atoms with Crippen molar-refractivity contribution in [1.82, 2.24) is 10.2 Å². The number of nitrogens with one attached hydrogen (secondary N) is 2. The Labute approximate surface area is 149 Å². The van der Waals surface area contributed by atoms with Gasteiger partial charge in [0.15, 0.2) is 11.5 Å². The molecule has 2 N–H and O–H groups in total. The van der Waals surface area contributed by atoms with Gasteiger partial charge in [-0.1, -0.05) is 19.1 Å². The van der Waals surface area contributed by atoms with Crippen molar-refractivity contribution in [1.29, 1.82) is 0 Å². The van der Waals surface area contributed by atoms with Gasteiger partial charge in [0.05, 0.1) is 16.9 Å². The van der Waals surface area contributed by atoms with Crippen LogP contribution < -0.4 is 14.8 Å². The molecule has 0 fully saturated rings. The standard InChI is InChI=1S/C19H16FN3O3/c1-2-14-18(21-19(24)12-5-3-4-6-13(12)20)17(23-22-14)11-7-8-15-16(9-11)26-10-25-15/h3-9H,2,10H2,1H3,(H,21,24)(H,22,23). The molecule has 1 amide bonds. The monoisotopic (exact) mass is 353 g/mol. The molecule has 3 aromatic rings. The van der Waals surface area contributed by atoms with Crippen molar-refractivity contribution in [3.8, 4) is 22.8 Å². The van der Waals surface area contributed by atoms with E-state index >= 15 is 0 Å². The minimum atomic E-state index is -0.573. The summed E-state index contributed by atoms with van der Waals surface area (Å²) < 4.78 is 24.6. The number of halogens is 1. The second-order valence-electron chi connectivity index (χ2n) is 5.78. The fourth-order valence-corrected chi connectivity index (χ4v) is 2.85. The summed E-state index contributed by atoms with van der Waals surface area (Å²) in [6.07, 6.45) is 0.629. The summed E-state index contributed by atoms with van der Waals surface area (Å²) in [6, 6.07) is 11.3. The summed E-state index contributed by atoms with van der Waals surface area (Å²) in [5.74, 6) is 0.184. The van der Waals surface area contributed by atoms with Crippen molar-refractivity contribution in [3.05, 3.63) is 59.5 Å². The van der Waals surface area contributed by atoms with Crippen LogP contribution in [-0.2, 0) is 6.42 Å². The Morgan fingerprint density at radius 2 is 2.04 bits per heavy atom. The highest BCUT2D eigenvalue weighted by molar-refractivity contribution is 6.06. The molecular formula is C19H16FN3O3. The summed E-state index contributed by atoms with van der Waals surface area (Å²) >= 11 is 0. The lowest BCUT2D eigenvalue weighted by atomic mass is 10.1. The molecule has 1 aliphatic rings. The SMILES string of the molecule is CCc1[nH]nc(-c2ccc3c(c2)OCO3)c1NC(=O)c1ccccc1F. The summed E-state index contributed by atoms with van der Waals surface area (Å²) in [6.45, 7) is 2.12. The number of amides is 1. The molecule has 1 aliphatic heterocycles. The normalized spacial score (nSPS) is 12.2. The third-order valence-corrected chi connectivity index (χ3v) is 4.20. The number of ether oxygens (including phenoxy) is 2. The number of H-pyrrole nitrogens is 1. The smallest absolute Gasteiger partial charge is 0.258 e. The van der Waals surface area contributed by atoms with Crippen LogP contribution in [-0.4, -0.2) is 22.9 Å². The number of nitrogens with zero attached hydrogens (tertiary/aromatic N) is 1. The second-order valence-corrected chi connectivity index (χ2v) is 5.78. The first-order chi connectivity index (χ1) is 12.7. The molecule has 1 aromatic heterocycles. The molecule has 0 unspecified atom stereocenters. The van der Waals surface area contributed by atoms with Gasteiger partial charge in [-0.3, -0.25) is 9.89 Å². The average Bonchev–Trinajstić information content (AvgIpc) is 3.27. The quantitative estimate of drug-likeness (QED) is 0.749. The number of aromatic nitrogens is 2. The summed E-state index contributed by atoms with van der Waals surface area (Å²) in [5.41, 5.74) is 2.58. The lowest BCUT2D eigenvalue weighted by Gasteiger charge is -2.09. The zero-order valence-corrected chi connectivity index (χ0v) is 14.0. The summed E-state index contributed by atoms with van der Waals surface area (Å²) in [7, 11) is 0. The molecule has 0 saturated carbocycles. The van der Waals surface area contributed by atoms with E-state index in [1.54, 1.807) is 24.3 Å². The minimum absolute atomic E-state index is 0.0209. The van der Waals surface area contributed by atoms with Gasteiger partial charge in [0, 0.05) is 5.56 Å². The van der Waals surface area contributed by atoms with Crippen molar-refractivity contribution < 1.29 is 18.7 Å². The van der Waals surface area contributed by atoms with Crippen molar-refractivity contribution in [2.75, 3.05) is 12.1 Å². The van der Waals surface area contributed by atoms with E-state index in [0.717, 1.165) is 11.3 Å². The molecule has 132 valence electrons. The number of hydrogen-bond acceptors (Lipinski definition) is 4. The first-order valence-corrected chi connectivity index (χ1v) is 8.20. The van der Waals surface area contributed by atoms with E-state index in [1.165, 1.54) is 12.1 Å². The number of fused-ring (bicyclic) bond motifs is 1. The van der Waals surface area contributed by atoms with Crippen molar-refractivity contribution in [2.24, 2.45) is 0 Å². The van der Waals surface area contributed by atoms with Crippen LogP contribution in [0.4, 0.5) is 10.1 Å². The molecule has 0 bridgehead atoms. The van der Waals surface area contributed by atoms with Crippen molar-refractivity contribution in [2.45, 2.75) is 13.3 Å². The molecule has 0 radical (unpaired) electrons. The van der Waals surface area contributed by atoms with Crippen LogP contribution >= 0.6 is 0 Å². The number of carbonyl (C=O) groups excluding carboxylic acids is 1. The van der Waals surface area contributed by atoms with Crippen LogP contribution in [0.5, 0.6) is 11.5 Å². The number of anilines is 1. The zero-order chi connectivity index (χ0) is 18.1. The number of aryl methyl sites for hydroxylation is 1. The van der Waals surface area contributed by atoms with Gasteiger partial charge in [-0.05, 0) is 36.8 Å². The van der Waals surface area contributed by atoms with E-state index in [4.69, 9.17) is 9.47 Å². The minimum Gasteiger partial charge on any atom is -0.454 e. The van der Waals surface area contributed by atoms with Gasteiger partial charge < -0.3 is 14.8 Å². The van der Waals surface area contributed by atoms with Gasteiger partial charge in [-0.2, -0.15) is 5.10 Å². The number of hydrogen-bond donors (Lipinski definition) is 2. The largest absolute Gasteiger partial charge is 0.454 e. The van der Waals surface area contributed by atoms with Gasteiger partial charge >= 0.3 is 0 Å². The highest BCUT2D eigenvalue weighted by atomic mass is 19.1. The Hall–Kier alpha value is -3.35. The van der Waals surface area contributed by atoms with E-state index in [2.05, 4.69) is 15.5 Å². The van der Waals surface area contributed by atoms with Crippen LogP contribution in [0.2, 0.25) is 0 Å². The molecule has 26 heavy (non-hydrogen) atoms. The zero-order valence-electron chi connectivity index (χ0n) is 14.0. The number of benzene rings is 2. The summed E-state index contributed by atoms with van der Waals surface area (Å²) in [4.78, 5) is 12.5. The molecule has 2 aromatic carbocycles. The van der Waals surface area contributed by atoms with Crippen LogP contribution in [0.25, 0.3) is 11.3 Å². The van der Waals surface area contributed by atoms with Gasteiger partial charge in [0.1, 0.15) is 11.5 Å². The van der Waals surface area contributed by atoms with Crippen LogP contribution in [0.3, 0.4) is 0 Å². The predicted octanol–water partition coefficient (Wildman–Crippen LogP) is 3.76. The molecule has 0 atom stereocenters. The lowest BCUT2D eigenvalue weighted by molar-refractivity contribution is 0.102. The Kier molecular flexibility index (Phi) is 4.04. The van der Waals surface area contributed by atoms with E-state index < -0.39 is 11.7 Å². The molecule has 4 rings (SSSR count). The number of carbonyl (C=O) groups is 1.